The minimum absolute atomic E-state index is 1.00. The summed E-state index contributed by atoms with van der Waals surface area (Å²) in [5, 5.41) is 6.06. The Kier molecular flexibility index (Phi) is 3.60. The second-order valence-corrected chi connectivity index (χ2v) is 3.88. The van der Waals surface area contributed by atoms with Crippen LogP contribution >= 0.6 is 0 Å². The number of allylic oxidation sites excluding steroid dienone is 1. The Hall–Kier alpha value is -1.76. The van der Waals surface area contributed by atoms with Gasteiger partial charge in [0.05, 0.1) is 0 Å². The fraction of sp³-hybridized carbons (Fsp3) is 0.200. The molecule has 1 N–H and O–H groups in total. The molecule has 0 amide bonds. The molecule has 0 aromatic heterocycles. The fourth-order valence-electron chi connectivity index (χ4n) is 1.85. The van der Waals surface area contributed by atoms with E-state index < -0.39 is 0 Å². The summed E-state index contributed by atoms with van der Waals surface area (Å²) in [6.07, 6.45) is 4.16. The molecule has 0 aliphatic carbocycles. The minimum atomic E-state index is 1.00. The van der Waals surface area contributed by atoms with Crippen molar-refractivity contribution >= 4 is 16.5 Å². The van der Waals surface area contributed by atoms with Crippen LogP contribution in [-0.2, 0) is 0 Å². The molecule has 16 heavy (non-hydrogen) atoms. The van der Waals surface area contributed by atoms with E-state index in [4.69, 9.17) is 0 Å². The van der Waals surface area contributed by atoms with E-state index in [0.29, 0.717) is 0 Å². The van der Waals surface area contributed by atoms with Crippen LogP contribution in [0.4, 0.5) is 5.69 Å². The van der Waals surface area contributed by atoms with E-state index in [1.807, 2.05) is 6.08 Å². The Bertz CT molecular complexity index is 468. The zero-order chi connectivity index (χ0) is 11.2. The van der Waals surface area contributed by atoms with Gasteiger partial charge in [-0.3, -0.25) is 0 Å². The highest BCUT2D eigenvalue weighted by atomic mass is 14.9. The molecule has 82 valence electrons. The molecule has 2 aromatic rings. The van der Waals surface area contributed by atoms with Crippen molar-refractivity contribution in [2.24, 2.45) is 0 Å². The summed E-state index contributed by atoms with van der Waals surface area (Å²) >= 11 is 0. The van der Waals surface area contributed by atoms with Gasteiger partial charge in [0, 0.05) is 17.6 Å². The van der Waals surface area contributed by atoms with Crippen LogP contribution in [0.25, 0.3) is 10.8 Å². The first-order valence-electron chi connectivity index (χ1n) is 5.74. The molecule has 0 saturated heterocycles. The van der Waals surface area contributed by atoms with Gasteiger partial charge in [-0.25, -0.2) is 0 Å². The molecule has 0 aliphatic heterocycles. The average molecular weight is 211 g/mol. The first kappa shape index (κ1) is 10.7. The summed E-state index contributed by atoms with van der Waals surface area (Å²) < 4.78 is 0. The number of anilines is 1. The molecule has 0 atom stereocenters. The topological polar surface area (TPSA) is 12.0 Å². The van der Waals surface area contributed by atoms with E-state index in [1.54, 1.807) is 0 Å². The number of nitrogens with one attached hydrogen (secondary N) is 1. The summed E-state index contributed by atoms with van der Waals surface area (Å²) in [7, 11) is 0. The van der Waals surface area contributed by atoms with Gasteiger partial charge in [-0.15, -0.1) is 6.58 Å². The molecule has 0 saturated carbocycles. The second-order valence-electron chi connectivity index (χ2n) is 3.88. The van der Waals surface area contributed by atoms with Crippen molar-refractivity contribution in [2.75, 3.05) is 11.9 Å². The van der Waals surface area contributed by atoms with Crippen LogP contribution in [0.5, 0.6) is 0 Å². The molecule has 1 heteroatoms. The lowest BCUT2D eigenvalue weighted by atomic mass is 10.1. The standard InChI is InChI=1S/C15H17N/c1-2-3-6-12-16-15-11-7-9-13-8-4-5-10-14(13)15/h2,4-5,7-11,16H,1,3,6,12H2. The molecule has 0 bridgehead atoms. The minimum Gasteiger partial charge on any atom is -0.385 e. The van der Waals surface area contributed by atoms with Crippen LogP contribution in [0.15, 0.2) is 55.1 Å². The van der Waals surface area contributed by atoms with Crippen LogP contribution < -0.4 is 5.32 Å². The number of unbranched alkanes of at least 4 members (excludes halogenated alkanes) is 1. The predicted octanol–water partition coefficient (Wildman–Crippen LogP) is 4.22. The normalized spacial score (nSPS) is 10.2. The van der Waals surface area contributed by atoms with Crippen molar-refractivity contribution < 1.29 is 0 Å². The Morgan fingerprint density at radius 2 is 1.88 bits per heavy atom. The molecular formula is C15H17N. The molecule has 0 unspecified atom stereocenters. The van der Waals surface area contributed by atoms with Gasteiger partial charge in [0.25, 0.3) is 0 Å². The summed E-state index contributed by atoms with van der Waals surface area (Å²) in [6, 6.07) is 14.8. The maximum Gasteiger partial charge on any atom is 0.0419 e. The van der Waals surface area contributed by atoms with Crippen LogP contribution in [-0.4, -0.2) is 6.54 Å². The SMILES string of the molecule is C=CCCCNc1cccc2ccccc12. The molecule has 0 heterocycles. The van der Waals surface area contributed by atoms with Crippen molar-refractivity contribution in [1.29, 1.82) is 0 Å². The number of hydrogen-bond donors (Lipinski definition) is 1. The first-order valence-corrected chi connectivity index (χ1v) is 5.74. The lowest BCUT2D eigenvalue weighted by Crippen LogP contribution is -2.01. The Morgan fingerprint density at radius 3 is 2.75 bits per heavy atom. The van der Waals surface area contributed by atoms with Crippen molar-refractivity contribution in [2.45, 2.75) is 12.8 Å². The fourth-order valence-corrected chi connectivity index (χ4v) is 1.85. The quantitative estimate of drug-likeness (QED) is 0.577. The largest absolute Gasteiger partial charge is 0.385 e. The van der Waals surface area contributed by atoms with E-state index >= 15 is 0 Å². The van der Waals surface area contributed by atoms with Crippen molar-refractivity contribution in [1.82, 2.24) is 0 Å². The van der Waals surface area contributed by atoms with Crippen molar-refractivity contribution in [3.05, 3.63) is 55.1 Å². The molecule has 0 spiro atoms. The molecule has 0 radical (unpaired) electrons. The van der Waals surface area contributed by atoms with Crippen LogP contribution in [0, 0.1) is 0 Å². The van der Waals surface area contributed by atoms with Crippen molar-refractivity contribution in [3.8, 4) is 0 Å². The van der Waals surface area contributed by atoms with E-state index in [2.05, 4.69) is 54.4 Å². The smallest absolute Gasteiger partial charge is 0.0419 e. The lowest BCUT2D eigenvalue weighted by Gasteiger charge is -2.08. The average Bonchev–Trinajstić information content (AvgIpc) is 2.35. The third-order valence-electron chi connectivity index (χ3n) is 2.69. The maximum atomic E-state index is 3.73. The Balaban J connectivity index is 2.14. The van der Waals surface area contributed by atoms with Gasteiger partial charge in [0.1, 0.15) is 0 Å². The number of fused-ring (bicyclic) bond motifs is 1. The number of benzene rings is 2. The summed E-state index contributed by atoms with van der Waals surface area (Å²) in [5.41, 5.74) is 1.22. The highest BCUT2D eigenvalue weighted by Crippen LogP contribution is 2.22. The van der Waals surface area contributed by atoms with Crippen LogP contribution in [0.2, 0.25) is 0 Å². The third-order valence-corrected chi connectivity index (χ3v) is 2.69. The number of hydrogen-bond acceptors (Lipinski definition) is 1. The molecule has 0 aliphatic rings. The van der Waals surface area contributed by atoms with E-state index in [9.17, 15) is 0 Å². The second kappa shape index (κ2) is 5.36. The lowest BCUT2D eigenvalue weighted by molar-refractivity contribution is 0.892. The molecular weight excluding hydrogens is 194 g/mol. The summed E-state index contributed by atoms with van der Waals surface area (Å²) in [4.78, 5) is 0. The van der Waals surface area contributed by atoms with Gasteiger partial charge >= 0.3 is 0 Å². The zero-order valence-corrected chi connectivity index (χ0v) is 9.45. The van der Waals surface area contributed by atoms with Crippen LogP contribution in [0.3, 0.4) is 0 Å². The highest BCUT2D eigenvalue weighted by molar-refractivity contribution is 5.93. The highest BCUT2D eigenvalue weighted by Gasteiger charge is 1.98. The van der Waals surface area contributed by atoms with Crippen LogP contribution in [0.1, 0.15) is 12.8 Å². The third kappa shape index (κ3) is 2.43. The van der Waals surface area contributed by atoms with E-state index in [-0.39, 0.29) is 0 Å². The van der Waals surface area contributed by atoms with Gasteiger partial charge in [-0.1, -0.05) is 42.5 Å². The number of rotatable bonds is 5. The van der Waals surface area contributed by atoms with Gasteiger partial charge in [-0.05, 0) is 24.3 Å². The Labute approximate surface area is 96.8 Å². The monoisotopic (exact) mass is 211 g/mol. The van der Waals surface area contributed by atoms with Gasteiger partial charge in [0.2, 0.25) is 0 Å². The van der Waals surface area contributed by atoms with Gasteiger partial charge < -0.3 is 5.32 Å². The molecule has 0 fully saturated rings. The summed E-state index contributed by atoms with van der Waals surface area (Å²) in [6.45, 7) is 4.73. The summed E-state index contributed by atoms with van der Waals surface area (Å²) in [5.74, 6) is 0. The van der Waals surface area contributed by atoms with E-state index in [1.165, 1.54) is 16.5 Å². The van der Waals surface area contributed by atoms with Gasteiger partial charge in [-0.2, -0.15) is 0 Å². The van der Waals surface area contributed by atoms with Crippen molar-refractivity contribution in [3.63, 3.8) is 0 Å². The predicted molar refractivity (Wildman–Crippen MR) is 71.9 cm³/mol. The van der Waals surface area contributed by atoms with E-state index in [0.717, 1.165) is 19.4 Å². The molecule has 1 nitrogen and oxygen atoms in total. The van der Waals surface area contributed by atoms with Gasteiger partial charge in [0.15, 0.2) is 0 Å². The maximum absolute atomic E-state index is 3.73. The Morgan fingerprint density at radius 1 is 1.06 bits per heavy atom. The molecule has 2 rings (SSSR count). The zero-order valence-electron chi connectivity index (χ0n) is 9.45. The molecule has 2 aromatic carbocycles. The first-order chi connectivity index (χ1) is 7.92.